The molecule has 0 aliphatic rings. The Hall–Kier alpha value is -0.0900. The van der Waals surface area contributed by atoms with Gasteiger partial charge in [-0.15, -0.1) is 11.3 Å². The molecule has 1 atom stereocenters. The van der Waals surface area contributed by atoms with Crippen molar-refractivity contribution in [2.24, 2.45) is 0 Å². The van der Waals surface area contributed by atoms with Gasteiger partial charge in [-0.25, -0.2) is 0 Å². The summed E-state index contributed by atoms with van der Waals surface area (Å²) in [6.07, 6.45) is 2.13. The van der Waals surface area contributed by atoms with Gasteiger partial charge in [-0.2, -0.15) is 0 Å². The predicted molar refractivity (Wildman–Crippen MR) is 66.9 cm³/mol. The predicted octanol–water partition coefficient (Wildman–Crippen LogP) is 3.48. The van der Waals surface area contributed by atoms with Gasteiger partial charge in [0, 0.05) is 24.6 Å². The van der Waals surface area contributed by atoms with E-state index < -0.39 is 0 Å². The molecule has 2 nitrogen and oxygen atoms in total. The number of nitrogens with one attached hydrogen (secondary N) is 1. The Balaban J connectivity index is 2.53. The Morgan fingerprint density at radius 3 is 2.93 bits per heavy atom. The monoisotopic (exact) mass is 247 g/mol. The smallest absolute Gasteiger partial charge is 0.0561 e. The first-order chi connectivity index (χ1) is 7.29. The van der Waals surface area contributed by atoms with E-state index in [4.69, 9.17) is 16.3 Å². The fraction of sp³-hybridized carbons (Fsp3) is 0.636. The van der Waals surface area contributed by atoms with Crippen LogP contribution in [0.5, 0.6) is 0 Å². The molecule has 0 bridgehead atoms. The third-order valence-corrected chi connectivity index (χ3v) is 3.73. The molecule has 0 aromatic carbocycles. The summed E-state index contributed by atoms with van der Waals surface area (Å²) >= 11 is 7.84. The molecule has 0 saturated heterocycles. The van der Waals surface area contributed by atoms with Crippen LogP contribution < -0.4 is 5.32 Å². The average molecular weight is 248 g/mol. The number of hydrogen-bond acceptors (Lipinski definition) is 3. The van der Waals surface area contributed by atoms with E-state index in [1.165, 1.54) is 4.88 Å². The second-order valence-corrected chi connectivity index (χ2v) is 4.73. The van der Waals surface area contributed by atoms with Crippen LogP contribution in [0.15, 0.2) is 11.4 Å². The first kappa shape index (κ1) is 13.0. The van der Waals surface area contributed by atoms with Crippen LogP contribution in [-0.2, 0) is 4.74 Å². The van der Waals surface area contributed by atoms with Crippen molar-refractivity contribution in [3.05, 3.63) is 21.3 Å². The highest BCUT2D eigenvalue weighted by atomic mass is 35.5. The standard InChI is InChI=1S/C11H18ClNOS/c1-3-13-10(5-4-7-14-2)11-9(12)6-8-15-11/h6,8,10,13H,3-5,7H2,1-2H3. The Kier molecular flexibility index (Phi) is 6.25. The van der Waals surface area contributed by atoms with Crippen LogP contribution in [0.3, 0.4) is 0 Å². The quantitative estimate of drug-likeness (QED) is 0.745. The summed E-state index contributed by atoms with van der Waals surface area (Å²) in [4.78, 5) is 1.25. The Morgan fingerprint density at radius 2 is 2.40 bits per heavy atom. The van der Waals surface area contributed by atoms with Gasteiger partial charge in [0.15, 0.2) is 0 Å². The fourth-order valence-electron chi connectivity index (χ4n) is 1.56. The van der Waals surface area contributed by atoms with Crippen molar-refractivity contribution in [2.75, 3.05) is 20.3 Å². The minimum absolute atomic E-state index is 0.373. The van der Waals surface area contributed by atoms with Crippen molar-refractivity contribution in [3.8, 4) is 0 Å². The molecule has 1 heterocycles. The van der Waals surface area contributed by atoms with E-state index in [9.17, 15) is 0 Å². The molecule has 1 aromatic heterocycles. The molecule has 15 heavy (non-hydrogen) atoms. The third kappa shape index (κ3) is 4.11. The Morgan fingerprint density at radius 1 is 1.60 bits per heavy atom. The first-order valence-corrected chi connectivity index (χ1v) is 6.50. The first-order valence-electron chi connectivity index (χ1n) is 5.24. The molecule has 0 fully saturated rings. The van der Waals surface area contributed by atoms with Gasteiger partial charge < -0.3 is 10.1 Å². The normalized spacial score (nSPS) is 13.0. The topological polar surface area (TPSA) is 21.3 Å². The minimum Gasteiger partial charge on any atom is -0.385 e. The maximum Gasteiger partial charge on any atom is 0.0561 e. The highest BCUT2D eigenvalue weighted by Gasteiger charge is 2.14. The molecule has 4 heteroatoms. The summed E-state index contributed by atoms with van der Waals surface area (Å²) in [6, 6.07) is 2.33. The molecule has 1 aromatic rings. The maximum atomic E-state index is 6.12. The third-order valence-electron chi connectivity index (χ3n) is 2.25. The van der Waals surface area contributed by atoms with Crippen molar-refractivity contribution >= 4 is 22.9 Å². The lowest BCUT2D eigenvalue weighted by Crippen LogP contribution is -2.20. The van der Waals surface area contributed by atoms with E-state index in [-0.39, 0.29) is 0 Å². The van der Waals surface area contributed by atoms with Gasteiger partial charge in [-0.1, -0.05) is 18.5 Å². The molecule has 1 N–H and O–H groups in total. The van der Waals surface area contributed by atoms with Crippen LogP contribution in [0.1, 0.15) is 30.7 Å². The van der Waals surface area contributed by atoms with E-state index in [0.29, 0.717) is 6.04 Å². The molecule has 0 aliphatic carbocycles. The number of halogens is 1. The van der Waals surface area contributed by atoms with Gasteiger partial charge >= 0.3 is 0 Å². The van der Waals surface area contributed by atoms with Crippen molar-refractivity contribution in [2.45, 2.75) is 25.8 Å². The van der Waals surface area contributed by atoms with Crippen molar-refractivity contribution in [3.63, 3.8) is 0 Å². The van der Waals surface area contributed by atoms with Crippen LogP contribution in [0.2, 0.25) is 5.02 Å². The summed E-state index contributed by atoms with van der Waals surface area (Å²) in [5, 5.41) is 6.37. The second kappa shape index (κ2) is 7.23. The molecule has 0 saturated carbocycles. The second-order valence-electron chi connectivity index (χ2n) is 3.38. The highest BCUT2D eigenvalue weighted by Crippen LogP contribution is 2.31. The van der Waals surface area contributed by atoms with E-state index in [2.05, 4.69) is 12.2 Å². The molecule has 1 rings (SSSR count). The zero-order valence-corrected chi connectivity index (χ0v) is 10.8. The van der Waals surface area contributed by atoms with Crippen LogP contribution in [0, 0.1) is 0 Å². The zero-order chi connectivity index (χ0) is 11.1. The zero-order valence-electron chi connectivity index (χ0n) is 9.25. The van der Waals surface area contributed by atoms with Gasteiger partial charge in [-0.3, -0.25) is 0 Å². The lowest BCUT2D eigenvalue weighted by Gasteiger charge is -2.16. The van der Waals surface area contributed by atoms with E-state index in [1.807, 2.05) is 11.4 Å². The molecule has 0 spiro atoms. The van der Waals surface area contributed by atoms with Crippen LogP contribution >= 0.6 is 22.9 Å². The molecule has 0 amide bonds. The Labute approximate surface area is 101 Å². The summed E-state index contributed by atoms with van der Waals surface area (Å²) in [6.45, 7) is 3.89. The number of ether oxygens (including phenoxy) is 1. The molecule has 86 valence electrons. The fourth-order valence-corrected chi connectivity index (χ4v) is 2.86. The average Bonchev–Trinajstić information content (AvgIpc) is 2.64. The molecule has 0 radical (unpaired) electrons. The van der Waals surface area contributed by atoms with E-state index in [1.54, 1.807) is 18.4 Å². The van der Waals surface area contributed by atoms with Gasteiger partial charge in [0.2, 0.25) is 0 Å². The largest absolute Gasteiger partial charge is 0.385 e. The number of hydrogen-bond donors (Lipinski definition) is 1. The summed E-state index contributed by atoms with van der Waals surface area (Å²) < 4.78 is 5.06. The molecular formula is C11H18ClNOS. The highest BCUT2D eigenvalue weighted by molar-refractivity contribution is 7.10. The van der Waals surface area contributed by atoms with Crippen molar-refractivity contribution < 1.29 is 4.74 Å². The van der Waals surface area contributed by atoms with Gasteiger partial charge in [0.05, 0.1) is 5.02 Å². The number of thiophene rings is 1. The molecule has 0 aliphatic heterocycles. The Bertz CT molecular complexity index is 277. The van der Waals surface area contributed by atoms with Crippen LogP contribution in [0.4, 0.5) is 0 Å². The lowest BCUT2D eigenvalue weighted by molar-refractivity contribution is 0.189. The van der Waals surface area contributed by atoms with Crippen LogP contribution in [-0.4, -0.2) is 20.3 Å². The van der Waals surface area contributed by atoms with E-state index >= 15 is 0 Å². The summed E-state index contributed by atoms with van der Waals surface area (Å²) in [5.74, 6) is 0. The van der Waals surface area contributed by atoms with Crippen LogP contribution in [0.25, 0.3) is 0 Å². The maximum absolute atomic E-state index is 6.12. The van der Waals surface area contributed by atoms with E-state index in [0.717, 1.165) is 31.0 Å². The van der Waals surface area contributed by atoms with Gasteiger partial charge in [-0.05, 0) is 30.8 Å². The van der Waals surface area contributed by atoms with Crippen molar-refractivity contribution in [1.29, 1.82) is 0 Å². The van der Waals surface area contributed by atoms with Crippen molar-refractivity contribution in [1.82, 2.24) is 5.32 Å². The molecule has 1 unspecified atom stereocenters. The summed E-state index contributed by atoms with van der Waals surface area (Å²) in [5.41, 5.74) is 0. The number of methoxy groups -OCH3 is 1. The minimum atomic E-state index is 0.373. The number of rotatable bonds is 7. The summed E-state index contributed by atoms with van der Waals surface area (Å²) in [7, 11) is 1.74. The van der Waals surface area contributed by atoms with Gasteiger partial charge in [0.25, 0.3) is 0 Å². The van der Waals surface area contributed by atoms with Gasteiger partial charge in [0.1, 0.15) is 0 Å². The SMILES string of the molecule is CCNC(CCCOC)c1sccc1Cl. The lowest BCUT2D eigenvalue weighted by atomic mass is 10.1. The molecular weight excluding hydrogens is 230 g/mol.